The van der Waals surface area contributed by atoms with Crippen LogP contribution in [0.3, 0.4) is 0 Å². The number of nitrogens with two attached hydrogens (primary N) is 1. The first-order chi connectivity index (χ1) is 7.18. The van der Waals surface area contributed by atoms with Crippen LogP contribution in [0.5, 0.6) is 0 Å². The van der Waals surface area contributed by atoms with Crippen LogP contribution in [0.25, 0.3) is 0 Å². The molecule has 80 valence electrons. The smallest absolute Gasteiger partial charge is 0.226 e. The van der Waals surface area contributed by atoms with Crippen molar-refractivity contribution < 1.29 is 4.79 Å². The van der Waals surface area contributed by atoms with Crippen LogP contribution in [0.4, 0.5) is 0 Å². The molecule has 0 aromatic heterocycles. The van der Waals surface area contributed by atoms with Gasteiger partial charge in [-0.2, -0.15) is 0 Å². The number of thiocarbonyl (C=S) groups is 1. The first-order valence-corrected chi connectivity index (χ1v) is 5.22. The molecule has 3 nitrogen and oxygen atoms in total. The molecule has 3 N–H and O–H groups in total. The SMILES string of the molecule is NC(=S)NC(=O)CCCc1ccccc1. The molecule has 0 aliphatic heterocycles. The third kappa shape index (κ3) is 5.12. The monoisotopic (exact) mass is 222 g/mol. The number of hydrogen-bond donors (Lipinski definition) is 2. The number of nitrogens with one attached hydrogen (secondary N) is 1. The maximum Gasteiger partial charge on any atom is 0.226 e. The lowest BCUT2D eigenvalue weighted by Gasteiger charge is -2.02. The minimum atomic E-state index is -0.113. The molecule has 0 atom stereocenters. The van der Waals surface area contributed by atoms with E-state index in [0.29, 0.717) is 6.42 Å². The fourth-order valence-electron chi connectivity index (χ4n) is 1.30. The number of hydrogen-bond acceptors (Lipinski definition) is 2. The van der Waals surface area contributed by atoms with Gasteiger partial charge in [-0.15, -0.1) is 0 Å². The number of rotatable bonds is 4. The first-order valence-electron chi connectivity index (χ1n) is 4.81. The van der Waals surface area contributed by atoms with Gasteiger partial charge in [0.1, 0.15) is 0 Å². The predicted molar refractivity (Wildman–Crippen MR) is 64.3 cm³/mol. The van der Waals surface area contributed by atoms with Crippen molar-refractivity contribution in [2.75, 3.05) is 0 Å². The van der Waals surface area contributed by atoms with Crippen molar-refractivity contribution in [3.05, 3.63) is 35.9 Å². The Labute approximate surface area is 94.7 Å². The molecule has 0 saturated heterocycles. The number of amides is 1. The Morgan fingerprint density at radius 3 is 2.60 bits per heavy atom. The summed E-state index contributed by atoms with van der Waals surface area (Å²) in [5.74, 6) is -0.113. The van der Waals surface area contributed by atoms with E-state index in [2.05, 4.69) is 17.5 Å². The van der Waals surface area contributed by atoms with Crippen LogP contribution < -0.4 is 11.1 Å². The lowest BCUT2D eigenvalue weighted by molar-refractivity contribution is -0.119. The van der Waals surface area contributed by atoms with Crippen LogP contribution in [-0.2, 0) is 11.2 Å². The number of carbonyl (C=O) groups excluding carboxylic acids is 1. The molecule has 0 fully saturated rings. The van der Waals surface area contributed by atoms with E-state index in [4.69, 9.17) is 5.73 Å². The highest BCUT2D eigenvalue weighted by molar-refractivity contribution is 7.80. The Hall–Kier alpha value is -1.42. The number of carbonyl (C=O) groups is 1. The van der Waals surface area contributed by atoms with Crippen molar-refractivity contribution in [1.29, 1.82) is 0 Å². The maximum absolute atomic E-state index is 11.2. The molecular formula is C11H14N2OS. The minimum absolute atomic E-state index is 0.0414. The lowest BCUT2D eigenvalue weighted by atomic mass is 10.1. The molecule has 0 heterocycles. The van der Waals surface area contributed by atoms with Gasteiger partial charge < -0.3 is 11.1 Å². The molecule has 0 bridgehead atoms. The van der Waals surface area contributed by atoms with Gasteiger partial charge in [0.15, 0.2) is 5.11 Å². The van der Waals surface area contributed by atoms with Gasteiger partial charge in [0, 0.05) is 6.42 Å². The molecule has 15 heavy (non-hydrogen) atoms. The summed E-state index contributed by atoms with van der Waals surface area (Å²) in [7, 11) is 0. The third-order valence-electron chi connectivity index (χ3n) is 1.97. The van der Waals surface area contributed by atoms with Gasteiger partial charge in [-0.3, -0.25) is 4.79 Å². The van der Waals surface area contributed by atoms with E-state index in [-0.39, 0.29) is 11.0 Å². The van der Waals surface area contributed by atoms with E-state index in [0.717, 1.165) is 12.8 Å². The van der Waals surface area contributed by atoms with Gasteiger partial charge in [0.25, 0.3) is 0 Å². The zero-order chi connectivity index (χ0) is 11.1. The Balaban J connectivity index is 2.22. The number of aryl methyl sites for hydroxylation is 1. The Kier molecular flexibility index (Phi) is 4.77. The Bertz CT molecular complexity index is 338. The van der Waals surface area contributed by atoms with Crippen molar-refractivity contribution in [2.45, 2.75) is 19.3 Å². The fraction of sp³-hybridized carbons (Fsp3) is 0.273. The van der Waals surface area contributed by atoms with Crippen LogP contribution in [0.2, 0.25) is 0 Å². The van der Waals surface area contributed by atoms with Crippen molar-refractivity contribution in [3.63, 3.8) is 0 Å². The fourth-order valence-corrected chi connectivity index (χ4v) is 1.41. The van der Waals surface area contributed by atoms with Crippen LogP contribution in [-0.4, -0.2) is 11.0 Å². The van der Waals surface area contributed by atoms with E-state index in [1.54, 1.807) is 0 Å². The predicted octanol–water partition coefficient (Wildman–Crippen LogP) is 1.37. The van der Waals surface area contributed by atoms with Gasteiger partial charge in [0.2, 0.25) is 5.91 Å². The zero-order valence-electron chi connectivity index (χ0n) is 8.40. The van der Waals surface area contributed by atoms with Crippen molar-refractivity contribution in [2.24, 2.45) is 5.73 Å². The lowest BCUT2D eigenvalue weighted by Crippen LogP contribution is -2.34. The molecule has 4 heteroatoms. The summed E-state index contributed by atoms with van der Waals surface area (Å²) in [6, 6.07) is 10.1. The van der Waals surface area contributed by atoms with Gasteiger partial charge in [0.05, 0.1) is 0 Å². The highest BCUT2D eigenvalue weighted by Crippen LogP contribution is 2.04. The molecule has 0 aliphatic carbocycles. The number of benzene rings is 1. The first kappa shape index (κ1) is 11.7. The van der Waals surface area contributed by atoms with Gasteiger partial charge in [-0.1, -0.05) is 30.3 Å². The highest BCUT2D eigenvalue weighted by Gasteiger charge is 2.01. The molecule has 0 spiro atoms. The second kappa shape index (κ2) is 6.14. The molecule has 0 saturated carbocycles. The molecule has 1 aromatic carbocycles. The standard InChI is InChI=1S/C11H14N2OS/c12-11(15)13-10(14)8-4-7-9-5-2-1-3-6-9/h1-3,5-6H,4,7-8H2,(H3,12,13,14,15). The van der Waals surface area contributed by atoms with Crippen LogP contribution in [0, 0.1) is 0 Å². The normalized spacial score (nSPS) is 9.60. The average Bonchev–Trinajstić information content (AvgIpc) is 2.18. The topological polar surface area (TPSA) is 55.1 Å². The second-order valence-electron chi connectivity index (χ2n) is 3.25. The van der Waals surface area contributed by atoms with Crippen LogP contribution >= 0.6 is 12.2 Å². The van der Waals surface area contributed by atoms with Crippen molar-refractivity contribution >= 4 is 23.2 Å². The van der Waals surface area contributed by atoms with Gasteiger partial charge >= 0.3 is 0 Å². The Morgan fingerprint density at radius 1 is 1.33 bits per heavy atom. The Morgan fingerprint density at radius 2 is 2.00 bits per heavy atom. The molecular weight excluding hydrogens is 208 g/mol. The van der Waals surface area contributed by atoms with Gasteiger partial charge in [-0.05, 0) is 30.6 Å². The van der Waals surface area contributed by atoms with Gasteiger partial charge in [-0.25, -0.2) is 0 Å². The highest BCUT2D eigenvalue weighted by atomic mass is 32.1. The molecule has 0 radical (unpaired) electrons. The summed E-state index contributed by atoms with van der Waals surface area (Å²) in [4.78, 5) is 11.2. The van der Waals surface area contributed by atoms with E-state index < -0.39 is 0 Å². The largest absolute Gasteiger partial charge is 0.376 e. The van der Waals surface area contributed by atoms with Crippen molar-refractivity contribution in [1.82, 2.24) is 5.32 Å². The zero-order valence-corrected chi connectivity index (χ0v) is 9.22. The quantitative estimate of drug-likeness (QED) is 0.756. The van der Waals surface area contributed by atoms with E-state index in [1.807, 2.05) is 30.3 Å². The molecule has 0 aliphatic rings. The van der Waals surface area contributed by atoms with Crippen LogP contribution in [0.1, 0.15) is 18.4 Å². The van der Waals surface area contributed by atoms with E-state index >= 15 is 0 Å². The van der Waals surface area contributed by atoms with E-state index in [1.165, 1.54) is 5.56 Å². The molecule has 1 aromatic rings. The average molecular weight is 222 g/mol. The molecule has 1 amide bonds. The minimum Gasteiger partial charge on any atom is -0.376 e. The van der Waals surface area contributed by atoms with Crippen molar-refractivity contribution in [3.8, 4) is 0 Å². The summed E-state index contributed by atoms with van der Waals surface area (Å²) in [6.45, 7) is 0. The summed E-state index contributed by atoms with van der Waals surface area (Å²) < 4.78 is 0. The van der Waals surface area contributed by atoms with E-state index in [9.17, 15) is 4.79 Å². The summed E-state index contributed by atoms with van der Waals surface area (Å²) in [6.07, 6.45) is 2.15. The summed E-state index contributed by atoms with van der Waals surface area (Å²) >= 11 is 4.56. The maximum atomic E-state index is 11.2. The van der Waals surface area contributed by atoms with Crippen LogP contribution in [0.15, 0.2) is 30.3 Å². The third-order valence-corrected chi connectivity index (χ3v) is 2.08. The summed E-state index contributed by atoms with van der Waals surface area (Å²) in [5, 5.41) is 2.44. The molecule has 0 unspecified atom stereocenters. The summed E-state index contributed by atoms with van der Waals surface area (Å²) in [5.41, 5.74) is 6.41. The molecule has 1 rings (SSSR count). The second-order valence-corrected chi connectivity index (χ2v) is 3.69.